The van der Waals surface area contributed by atoms with Gasteiger partial charge in [0, 0.05) is 44.2 Å². The van der Waals surface area contributed by atoms with Gasteiger partial charge in [-0.2, -0.15) is 0 Å². The van der Waals surface area contributed by atoms with Crippen LogP contribution in [0.4, 0.5) is 0 Å². The summed E-state index contributed by atoms with van der Waals surface area (Å²) in [6, 6.07) is 29.6. The summed E-state index contributed by atoms with van der Waals surface area (Å²) in [4.78, 5) is 16.6. The quantitative estimate of drug-likeness (QED) is 0.0702. The van der Waals surface area contributed by atoms with Crippen LogP contribution in [0.2, 0.25) is 0 Å². The van der Waals surface area contributed by atoms with Crippen molar-refractivity contribution in [3.8, 4) is 22.4 Å². The van der Waals surface area contributed by atoms with Crippen molar-refractivity contribution >= 4 is 27.3 Å². The van der Waals surface area contributed by atoms with E-state index in [1.165, 1.54) is 49.9 Å². The fourth-order valence-electron chi connectivity index (χ4n) is 6.03. The molecule has 237 valence electrons. The Hall–Kier alpha value is -3.59. The predicted molar refractivity (Wildman–Crippen MR) is 187 cm³/mol. The van der Waals surface area contributed by atoms with Gasteiger partial charge in [0.1, 0.15) is 0 Å². The van der Waals surface area contributed by atoms with Crippen LogP contribution in [0.15, 0.2) is 90.8 Å². The second-order valence-electron chi connectivity index (χ2n) is 11.8. The average molecular weight is 777 g/mol. The standard InChI is InChI=1S/C28H22N.C13H24O2.Ir/c1-18-13-19(2)15-24(14-18)28-27-25(20(3)17-29-28)11-10-23-16-22(9-12-26(23)27)21-7-5-4-6-8-21;1-5-10(6-2)12(14)9-13(15)11(7-3)8-4;/h4-14,16-17H,1-3H3;9-11,14H,5-8H2,1-4H3;/q-1;;/b;12-9-;. The maximum Gasteiger partial charge on any atom is 0.162 e. The molecular formula is C41H46IrNO2-. The monoisotopic (exact) mass is 777 g/mol. The molecule has 1 radical (unpaired) electrons. The van der Waals surface area contributed by atoms with Crippen LogP contribution < -0.4 is 0 Å². The Balaban J connectivity index is 0.000000297. The summed E-state index contributed by atoms with van der Waals surface area (Å²) in [5, 5.41) is 14.7. The molecule has 5 aromatic rings. The number of aliphatic hydroxyl groups is 1. The Labute approximate surface area is 283 Å². The third kappa shape index (κ3) is 8.57. The van der Waals surface area contributed by atoms with Crippen molar-refractivity contribution in [3.05, 3.63) is 114 Å². The van der Waals surface area contributed by atoms with E-state index in [1.807, 2.05) is 33.9 Å². The number of allylic oxidation sites excluding steroid dienone is 2. The minimum Gasteiger partial charge on any atom is -0.512 e. The molecule has 0 bridgehead atoms. The molecule has 3 nitrogen and oxygen atoms in total. The zero-order valence-electron chi connectivity index (χ0n) is 27.7. The number of hydrogen-bond donors (Lipinski definition) is 1. The summed E-state index contributed by atoms with van der Waals surface area (Å²) >= 11 is 0. The topological polar surface area (TPSA) is 50.2 Å². The number of benzene rings is 4. The van der Waals surface area contributed by atoms with E-state index in [4.69, 9.17) is 4.98 Å². The van der Waals surface area contributed by atoms with E-state index in [0.29, 0.717) is 0 Å². The molecule has 0 aliphatic rings. The average Bonchev–Trinajstić information content (AvgIpc) is 3.02. The molecular weight excluding hydrogens is 731 g/mol. The van der Waals surface area contributed by atoms with Gasteiger partial charge in [0.05, 0.1) is 5.76 Å². The number of hydrogen-bond acceptors (Lipinski definition) is 3. The Morgan fingerprint density at radius 1 is 0.800 bits per heavy atom. The Morgan fingerprint density at radius 2 is 1.44 bits per heavy atom. The maximum atomic E-state index is 11.7. The van der Waals surface area contributed by atoms with Gasteiger partial charge in [-0.1, -0.05) is 96.1 Å². The van der Waals surface area contributed by atoms with Crippen LogP contribution >= 0.6 is 0 Å². The van der Waals surface area contributed by atoms with Gasteiger partial charge < -0.3 is 10.1 Å². The van der Waals surface area contributed by atoms with E-state index in [2.05, 4.69) is 99.6 Å². The van der Waals surface area contributed by atoms with Gasteiger partial charge in [0.2, 0.25) is 0 Å². The third-order valence-electron chi connectivity index (χ3n) is 8.66. The first-order valence-corrected chi connectivity index (χ1v) is 16.0. The SMILES string of the molecule is CCC(CC)C(=O)/C=C(\O)C(CC)CC.Cc1[c-]c(-c2ncc(C)c3ccc4cc(-c5ccccc5)ccc4c23)cc(C)c1.[Ir]. The van der Waals surface area contributed by atoms with E-state index in [0.717, 1.165) is 42.5 Å². The number of aliphatic hydroxyl groups excluding tert-OH is 1. The smallest absolute Gasteiger partial charge is 0.162 e. The van der Waals surface area contributed by atoms with E-state index < -0.39 is 0 Å². The number of aromatic nitrogens is 1. The number of fused-ring (bicyclic) bond motifs is 3. The van der Waals surface area contributed by atoms with Gasteiger partial charge in [-0.15, -0.1) is 34.9 Å². The van der Waals surface area contributed by atoms with Gasteiger partial charge in [-0.3, -0.25) is 4.79 Å². The van der Waals surface area contributed by atoms with Crippen LogP contribution in [0.3, 0.4) is 0 Å². The van der Waals surface area contributed by atoms with Crippen LogP contribution in [-0.4, -0.2) is 15.9 Å². The summed E-state index contributed by atoms with van der Waals surface area (Å²) < 4.78 is 0. The van der Waals surface area contributed by atoms with E-state index in [1.54, 1.807) is 0 Å². The van der Waals surface area contributed by atoms with Gasteiger partial charge in [0.15, 0.2) is 5.78 Å². The van der Waals surface area contributed by atoms with Gasteiger partial charge >= 0.3 is 0 Å². The van der Waals surface area contributed by atoms with Crippen molar-refractivity contribution in [3.63, 3.8) is 0 Å². The third-order valence-corrected chi connectivity index (χ3v) is 8.66. The minimum atomic E-state index is 0. The first-order valence-electron chi connectivity index (χ1n) is 16.0. The summed E-state index contributed by atoms with van der Waals surface area (Å²) in [5.74, 6) is 0.547. The Morgan fingerprint density at radius 3 is 2.07 bits per heavy atom. The van der Waals surface area contributed by atoms with Crippen LogP contribution in [0.1, 0.15) is 70.1 Å². The second kappa shape index (κ2) is 16.6. The molecule has 1 heterocycles. The van der Waals surface area contributed by atoms with Crippen molar-refractivity contribution in [1.82, 2.24) is 4.98 Å². The molecule has 5 rings (SSSR count). The Bertz CT molecular complexity index is 1750. The minimum absolute atomic E-state index is 0. The van der Waals surface area contributed by atoms with Crippen molar-refractivity contribution in [2.24, 2.45) is 11.8 Å². The number of nitrogens with zero attached hydrogens (tertiary/aromatic N) is 1. The number of ketones is 1. The van der Waals surface area contributed by atoms with Crippen molar-refractivity contribution < 1.29 is 30.0 Å². The largest absolute Gasteiger partial charge is 0.512 e. The van der Waals surface area contributed by atoms with Crippen LogP contribution in [-0.2, 0) is 24.9 Å². The molecule has 0 spiro atoms. The zero-order chi connectivity index (χ0) is 31.8. The van der Waals surface area contributed by atoms with E-state index in [-0.39, 0.29) is 43.5 Å². The zero-order valence-corrected chi connectivity index (χ0v) is 30.1. The molecule has 0 saturated heterocycles. The van der Waals surface area contributed by atoms with Crippen LogP contribution in [0.25, 0.3) is 43.9 Å². The molecule has 1 aromatic heterocycles. The molecule has 0 aliphatic heterocycles. The predicted octanol–water partition coefficient (Wildman–Crippen LogP) is 11.3. The molecule has 0 saturated carbocycles. The number of rotatable bonds is 9. The molecule has 4 aromatic carbocycles. The summed E-state index contributed by atoms with van der Waals surface area (Å²) in [6.07, 6.45) is 6.89. The second-order valence-corrected chi connectivity index (χ2v) is 11.8. The van der Waals surface area contributed by atoms with E-state index in [9.17, 15) is 9.90 Å². The molecule has 0 atom stereocenters. The molecule has 4 heteroatoms. The maximum absolute atomic E-state index is 11.7. The summed E-state index contributed by atoms with van der Waals surface area (Å²) in [6.45, 7) is 14.4. The summed E-state index contributed by atoms with van der Waals surface area (Å²) in [5.41, 5.74) is 8.11. The van der Waals surface area contributed by atoms with Crippen LogP contribution in [0, 0.1) is 38.7 Å². The molecule has 1 N–H and O–H groups in total. The molecule has 45 heavy (non-hydrogen) atoms. The number of carbonyl (C=O) groups excluding carboxylic acids is 1. The molecule has 0 amide bonds. The summed E-state index contributed by atoms with van der Waals surface area (Å²) in [7, 11) is 0. The van der Waals surface area contributed by atoms with Crippen molar-refractivity contribution in [2.75, 3.05) is 0 Å². The fraction of sp³-hybridized carbons (Fsp3) is 0.317. The van der Waals surface area contributed by atoms with Crippen molar-refractivity contribution in [2.45, 2.75) is 74.1 Å². The molecule has 0 aliphatic carbocycles. The number of aryl methyl sites for hydroxylation is 3. The van der Waals surface area contributed by atoms with Gasteiger partial charge in [-0.05, 0) is 82.6 Å². The van der Waals surface area contributed by atoms with E-state index >= 15 is 0 Å². The van der Waals surface area contributed by atoms with Gasteiger partial charge in [0.25, 0.3) is 0 Å². The number of pyridine rings is 1. The first-order chi connectivity index (χ1) is 21.2. The van der Waals surface area contributed by atoms with Crippen LogP contribution in [0.5, 0.6) is 0 Å². The first kappa shape index (κ1) is 35.9. The van der Waals surface area contributed by atoms with Crippen molar-refractivity contribution in [1.29, 1.82) is 0 Å². The normalized spacial score (nSPS) is 11.4. The number of carbonyl (C=O) groups is 1. The molecule has 0 fully saturated rings. The Kier molecular flexibility index (Phi) is 13.3. The van der Waals surface area contributed by atoms with Gasteiger partial charge in [-0.25, -0.2) is 0 Å². The molecule has 0 unspecified atom stereocenters. The fourth-order valence-corrected chi connectivity index (χ4v) is 6.03.